The highest BCUT2D eigenvalue weighted by Gasteiger charge is 2.32. The van der Waals surface area contributed by atoms with Crippen molar-refractivity contribution in [2.45, 2.75) is 12.3 Å². The molecule has 3 N–H and O–H groups in total. The molecule has 1 aliphatic heterocycles. The standard InChI is InChI=1S/C12H13N3O4S/c13-9-5-7(1-2-10(9)16)12-14-11(15-19-12)8-3-4-20(17,18)6-8/h1-2,5,8,16H,3-4,6,13H2. The van der Waals surface area contributed by atoms with Crippen LogP contribution < -0.4 is 5.73 Å². The molecule has 106 valence electrons. The highest BCUT2D eigenvalue weighted by molar-refractivity contribution is 7.91. The lowest BCUT2D eigenvalue weighted by Crippen LogP contribution is -2.05. The second kappa shape index (κ2) is 4.48. The predicted octanol–water partition coefficient (Wildman–Crippen LogP) is 0.927. The Morgan fingerprint density at radius 1 is 1.40 bits per heavy atom. The van der Waals surface area contributed by atoms with Gasteiger partial charge in [0.05, 0.1) is 17.2 Å². The zero-order chi connectivity index (χ0) is 14.3. The van der Waals surface area contributed by atoms with Gasteiger partial charge >= 0.3 is 0 Å². The number of nitrogens with zero attached hydrogens (tertiary/aromatic N) is 2. The predicted molar refractivity (Wildman–Crippen MR) is 71.8 cm³/mol. The van der Waals surface area contributed by atoms with E-state index in [9.17, 15) is 13.5 Å². The lowest BCUT2D eigenvalue weighted by Gasteiger charge is -2.00. The van der Waals surface area contributed by atoms with Gasteiger partial charge in [-0.1, -0.05) is 5.16 Å². The van der Waals surface area contributed by atoms with E-state index in [0.29, 0.717) is 17.8 Å². The summed E-state index contributed by atoms with van der Waals surface area (Å²) in [5.74, 6) is 0.642. The van der Waals surface area contributed by atoms with Crippen molar-refractivity contribution in [3.63, 3.8) is 0 Å². The van der Waals surface area contributed by atoms with E-state index in [0.717, 1.165) is 0 Å². The summed E-state index contributed by atoms with van der Waals surface area (Å²) in [5.41, 5.74) is 6.40. The number of phenols is 1. The van der Waals surface area contributed by atoms with Crippen LogP contribution in [0.1, 0.15) is 18.2 Å². The Hall–Kier alpha value is -2.09. The number of nitrogen functional groups attached to an aromatic ring is 1. The molecule has 0 aliphatic carbocycles. The van der Waals surface area contributed by atoms with Crippen LogP contribution in [0.4, 0.5) is 5.69 Å². The minimum atomic E-state index is -2.99. The Bertz CT molecular complexity index is 754. The molecule has 1 fully saturated rings. The molecule has 8 heteroatoms. The maximum atomic E-state index is 11.4. The second-order valence-corrected chi connectivity index (χ2v) is 7.06. The summed E-state index contributed by atoms with van der Waals surface area (Å²) >= 11 is 0. The van der Waals surface area contributed by atoms with Crippen molar-refractivity contribution < 1.29 is 18.0 Å². The summed E-state index contributed by atoms with van der Waals surface area (Å²) in [5, 5.41) is 13.2. The molecule has 3 rings (SSSR count). The molecule has 1 saturated heterocycles. The van der Waals surface area contributed by atoms with Crippen LogP contribution in [-0.2, 0) is 9.84 Å². The lowest BCUT2D eigenvalue weighted by molar-refractivity contribution is 0.417. The van der Waals surface area contributed by atoms with E-state index in [2.05, 4.69) is 10.1 Å². The Kier molecular flexibility index (Phi) is 2.89. The van der Waals surface area contributed by atoms with Crippen molar-refractivity contribution in [1.82, 2.24) is 10.1 Å². The number of aromatic nitrogens is 2. The number of aromatic hydroxyl groups is 1. The summed E-state index contributed by atoms with van der Waals surface area (Å²) < 4.78 is 28.0. The third kappa shape index (κ3) is 2.34. The first kappa shape index (κ1) is 12.9. The van der Waals surface area contributed by atoms with Crippen LogP contribution in [0.3, 0.4) is 0 Å². The number of rotatable bonds is 2. The normalized spacial score (nSPS) is 21.1. The minimum absolute atomic E-state index is 0.0182. The van der Waals surface area contributed by atoms with Gasteiger partial charge in [-0.3, -0.25) is 0 Å². The fraction of sp³-hybridized carbons (Fsp3) is 0.333. The van der Waals surface area contributed by atoms with Crippen LogP contribution in [-0.4, -0.2) is 35.2 Å². The van der Waals surface area contributed by atoms with Gasteiger partial charge < -0.3 is 15.4 Å². The first-order valence-electron chi connectivity index (χ1n) is 6.07. The van der Waals surface area contributed by atoms with Gasteiger partial charge in [0.2, 0.25) is 0 Å². The highest BCUT2D eigenvalue weighted by atomic mass is 32.2. The molecule has 0 bridgehead atoms. The molecular formula is C12H13N3O4S. The molecule has 1 atom stereocenters. The first-order valence-corrected chi connectivity index (χ1v) is 7.90. The fourth-order valence-corrected chi connectivity index (χ4v) is 3.94. The summed E-state index contributed by atoms with van der Waals surface area (Å²) in [6.45, 7) is 0. The largest absolute Gasteiger partial charge is 0.506 e. The van der Waals surface area contributed by atoms with Crippen molar-refractivity contribution >= 4 is 15.5 Å². The van der Waals surface area contributed by atoms with Crippen LogP contribution in [0.2, 0.25) is 0 Å². The van der Waals surface area contributed by atoms with Gasteiger partial charge in [-0.15, -0.1) is 0 Å². The van der Waals surface area contributed by atoms with Crippen LogP contribution in [0, 0.1) is 0 Å². The minimum Gasteiger partial charge on any atom is -0.506 e. The number of anilines is 1. The highest BCUT2D eigenvalue weighted by Crippen LogP contribution is 2.30. The van der Waals surface area contributed by atoms with Gasteiger partial charge in [0.1, 0.15) is 5.75 Å². The van der Waals surface area contributed by atoms with E-state index in [1.807, 2.05) is 0 Å². The van der Waals surface area contributed by atoms with E-state index in [1.165, 1.54) is 12.1 Å². The summed E-state index contributed by atoms with van der Waals surface area (Å²) in [6.07, 6.45) is 0.513. The molecule has 0 spiro atoms. The number of phenolic OH excluding ortho intramolecular Hbond substituents is 1. The van der Waals surface area contributed by atoms with Crippen molar-refractivity contribution in [1.29, 1.82) is 0 Å². The second-order valence-electron chi connectivity index (χ2n) is 4.83. The maximum absolute atomic E-state index is 11.4. The number of nitrogens with two attached hydrogens (primary N) is 1. The Morgan fingerprint density at radius 3 is 2.85 bits per heavy atom. The van der Waals surface area contributed by atoms with Gasteiger partial charge in [-0.2, -0.15) is 4.98 Å². The van der Waals surface area contributed by atoms with Gasteiger partial charge in [0.15, 0.2) is 15.7 Å². The van der Waals surface area contributed by atoms with E-state index in [-0.39, 0.29) is 34.8 Å². The Balaban J connectivity index is 1.89. The lowest BCUT2D eigenvalue weighted by atomic mass is 10.1. The van der Waals surface area contributed by atoms with Gasteiger partial charge in [0.25, 0.3) is 5.89 Å². The number of benzene rings is 1. The number of hydrogen-bond acceptors (Lipinski definition) is 7. The Labute approximate surface area is 115 Å². The quantitative estimate of drug-likeness (QED) is 0.624. The van der Waals surface area contributed by atoms with E-state index in [1.54, 1.807) is 6.07 Å². The van der Waals surface area contributed by atoms with Crippen molar-refractivity contribution in [3.8, 4) is 17.2 Å². The van der Waals surface area contributed by atoms with E-state index in [4.69, 9.17) is 10.3 Å². The van der Waals surface area contributed by atoms with Crippen LogP contribution in [0.25, 0.3) is 11.5 Å². The SMILES string of the molecule is Nc1cc(-c2nc(C3CCS(=O)(=O)C3)no2)ccc1O. The first-order chi connectivity index (χ1) is 9.44. The molecule has 1 aromatic heterocycles. The molecule has 0 amide bonds. The molecule has 7 nitrogen and oxygen atoms in total. The molecule has 1 unspecified atom stereocenters. The van der Waals surface area contributed by atoms with Gasteiger partial charge in [-0.25, -0.2) is 8.42 Å². The van der Waals surface area contributed by atoms with Gasteiger partial charge in [0, 0.05) is 11.5 Å². The summed E-state index contributed by atoms with van der Waals surface area (Å²) in [6, 6.07) is 4.57. The van der Waals surface area contributed by atoms with Crippen LogP contribution in [0.5, 0.6) is 5.75 Å². The zero-order valence-electron chi connectivity index (χ0n) is 10.5. The molecule has 20 heavy (non-hydrogen) atoms. The number of sulfone groups is 1. The fourth-order valence-electron chi connectivity index (χ4n) is 2.20. The number of hydrogen-bond donors (Lipinski definition) is 2. The topological polar surface area (TPSA) is 119 Å². The van der Waals surface area contributed by atoms with E-state index >= 15 is 0 Å². The monoisotopic (exact) mass is 295 g/mol. The van der Waals surface area contributed by atoms with E-state index < -0.39 is 9.84 Å². The summed E-state index contributed by atoms with van der Waals surface area (Å²) in [7, 11) is -2.99. The zero-order valence-corrected chi connectivity index (χ0v) is 11.3. The van der Waals surface area contributed by atoms with Gasteiger partial charge in [-0.05, 0) is 24.6 Å². The molecule has 1 aromatic carbocycles. The average Bonchev–Trinajstić information content (AvgIpc) is 2.99. The van der Waals surface area contributed by atoms with Crippen molar-refractivity contribution in [2.24, 2.45) is 0 Å². The van der Waals surface area contributed by atoms with Crippen molar-refractivity contribution in [2.75, 3.05) is 17.2 Å². The molecule has 0 saturated carbocycles. The molecule has 0 radical (unpaired) electrons. The van der Waals surface area contributed by atoms with Crippen molar-refractivity contribution in [3.05, 3.63) is 24.0 Å². The Morgan fingerprint density at radius 2 is 2.20 bits per heavy atom. The third-order valence-corrected chi connectivity index (χ3v) is 5.08. The molecular weight excluding hydrogens is 282 g/mol. The maximum Gasteiger partial charge on any atom is 0.258 e. The summed E-state index contributed by atoms with van der Waals surface area (Å²) in [4.78, 5) is 4.22. The van der Waals surface area contributed by atoms with Crippen LogP contribution in [0.15, 0.2) is 22.7 Å². The molecule has 2 heterocycles. The molecule has 1 aliphatic rings. The van der Waals surface area contributed by atoms with Crippen LogP contribution >= 0.6 is 0 Å². The molecule has 2 aromatic rings. The third-order valence-electron chi connectivity index (χ3n) is 3.31. The smallest absolute Gasteiger partial charge is 0.258 e. The average molecular weight is 295 g/mol.